The molecule has 80 valence electrons. The van der Waals surface area contributed by atoms with Gasteiger partial charge in [-0.1, -0.05) is 7.43 Å². The summed E-state index contributed by atoms with van der Waals surface area (Å²) < 4.78 is 5.42. The van der Waals surface area contributed by atoms with Gasteiger partial charge in [0.2, 0.25) is 0 Å². The monoisotopic (exact) mass is 208 g/mol. The topological polar surface area (TPSA) is 66.8 Å². The Hall–Kier alpha value is -1.71. The summed E-state index contributed by atoms with van der Waals surface area (Å²) in [4.78, 5) is 10.7. The molecule has 2 aliphatic rings. The van der Waals surface area contributed by atoms with E-state index in [1.54, 1.807) is 18.2 Å². The third-order valence-electron chi connectivity index (χ3n) is 2.85. The molecule has 3 rings (SSSR count). The molecule has 0 aromatic heterocycles. The molecule has 2 N–H and O–H groups in total. The van der Waals surface area contributed by atoms with Crippen LogP contribution in [-0.2, 0) is 4.79 Å². The summed E-state index contributed by atoms with van der Waals surface area (Å²) in [6, 6.07) is 4.80. The van der Waals surface area contributed by atoms with Gasteiger partial charge in [-0.15, -0.1) is 0 Å². The number of rotatable bonds is 1. The maximum Gasteiger partial charge on any atom is 0.311 e. The third kappa shape index (κ3) is 1.17. The highest BCUT2D eigenvalue weighted by Gasteiger charge is 2.63. The SMILES string of the molecule is C.O=C(O)[C@@H]1[C@H]2Oc3ccc(O)cc3[C@H]21. The molecule has 0 unspecified atom stereocenters. The van der Waals surface area contributed by atoms with Gasteiger partial charge < -0.3 is 14.9 Å². The summed E-state index contributed by atoms with van der Waals surface area (Å²) >= 11 is 0. The van der Waals surface area contributed by atoms with Gasteiger partial charge in [-0.05, 0) is 18.2 Å². The van der Waals surface area contributed by atoms with Crippen molar-refractivity contribution in [2.75, 3.05) is 0 Å². The fourth-order valence-electron chi connectivity index (χ4n) is 2.14. The third-order valence-corrected chi connectivity index (χ3v) is 2.85. The molecule has 1 aliphatic carbocycles. The van der Waals surface area contributed by atoms with Gasteiger partial charge in [-0.3, -0.25) is 4.79 Å². The van der Waals surface area contributed by atoms with Gasteiger partial charge in [0.25, 0.3) is 0 Å². The molecule has 0 bridgehead atoms. The van der Waals surface area contributed by atoms with E-state index in [1.165, 1.54) is 0 Å². The molecule has 1 aromatic carbocycles. The number of hydrogen-bond donors (Lipinski definition) is 2. The van der Waals surface area contributed by atoms with Crippen molar-refractivity contribution >= 4 is 5.97 Å². The Morgan fingerprint density at radius 1 is 1.40 bits per heavy atom. The number of aliphatic carboxylic acids is 1. The average molecular weight is 208 g/mol. The van der Waals surface area contributed by atoms with Crippen LogP contribution in [0.15, 0.2) is 18.2 Å². The van der Waals surface area contributed by atoms with E-state index in [0.29, 0.717) is 5.75 Å². The zero-order chi connectivity index (χ0) is 9.87. The predicted molar refractivity (Wildman–Crippen MR) is 53.1 cm³/mol. The van der Waals surface area contributed by atoms with E-state index >= 15 is 0 Å². The number of fused-ring (bicyclic) bond motifs is 3. The number of carboxylic acids is 1. The number of phenolic OH excluding ortho intramolecular Hbond substituents is 1. The second-order valence-corrected chi connectivity index (χ2v) is 3.69. The van der Waals surface area contributed by atoms with Crippen LogP contribution in [0.25, 0.3) is 0 Å². The maximum atomic E-state index is 10.7. The Labute approximate surface area is 87.1 Å². The standard InChI is InChI=1S/C10H8O4.CH4/c11-4-1-2-6-5(3-4)7-8(10(12)13)9(7)14-6;/h1-3,7-9,11H,(H,12,13);1H4/t7-,8-,9-;/m0./s1. The van der Waals surface area contributed by atoms with Gasteiger partial charge in [0.15, 0.2) is 0 Å². The molecule has 0 saturated heterocycles. The van der Waals surface area contributed by atoms with E-state index < -0.39 is 11.9 Å². The Balaban J connectivity index is 0.000000853. The van der Waals surface area contributed by atoms with Gasteiger partial charge in [0.1, 0.15) is 23.5 Å². The molecule has 0 amide bonds. The second kappa shape index (κ2) is 2.89. The molecule has 1 fully saturated rings. The van der Waals surface area contributed by atoms with E-state index in [0.717, 1.165) is 5.56 Å². The van der Waals surface area contributed by atoms with Crippen LogP contribution in [0.3, 0.4) is 0 Å². The van der Waals surface area contributed by atoms with E-state index in [4.69, 9.17) is 9.84 Å². The van der Waals surface area contributed by atoms with Crippen LogP contribution < -0.4 is 4.74 Å². The number of carboxylic acid groups (broad SMARTS) is 1. The van der Waals surface area contributed by atoms with Crippen molar-refractivity contribution in [3.8, 4) is 11.5 Å². The minimum atomic E-state index is -0.825. The molecule has 4 nitrogen and oxygen atoms in total. The fourth-order valence-corrected chi connectivity index (χ4v) is 2.14. The summed E-state index contributed by atoms with van der Waals surface area (Å²) in [5.74, 6) is -0.452. The minimum absolute atomic E-state index is 0. The van der Waals surface area contributed by atoms with Gasteiger partial charge in [0, 0.05) is 11.5 Å². The van der Waals surface area contributed by atoms with Crippen molar-refractivity contribution < 1.29 is 19.7 Å². The van der Waals surface area contributed by atoms with Gasteiger partial charge >= 0.3 is 5.97 Å². The van der Waals surface area contributed by atoms with Crippen LogP contribution in [0.5, 0.6) is 11.5 Å². The fraction of sp³-hybridized carbons (Fsp3) is 0.364. The van der Waals surface area contributed by atoms with Crippen LogP contribution in [-0.4, -0.2) is 22.3 Å². The van der Waals surface area contributed by atoms with Crippen LogP contribution >= 0.6 is 0 Å². The summed E-state index contributed by atoms with van der Waals surface area (Å²) in [5, 5.41) is 18.1. The van der Waals surface area contributed by atoms with Gasteiger partial charge in [-0.2, -0.15) is 0 Å². The highest BCUT2D eigenvalue weighted by atomic mass is 16.5. The first-order valence-corrected chi connectivity index (χ1v) is 4.41. The number of ether oxygens (including phenoxy) is 1. The van der Waals surface area contributed by atoms with E-state index in [-0.39, 0.29) is 25.2 Å². The molecule has 15 heavy (non-hydrogen) atoms. The molecule has 1 heterocycles. The summed E-state index contributed by atoms with van der Waals surface area (Å²) in [5.41, 5.74) is 0.822. The lowest BCUT2D eigenvalue weighted by atomic mass is 10.1. The lowest BCUT2D eigenvalue weighted by Gasteiger charge is -2.05. The first kappa shape index (κ1) is 9.83. The summed E-state index contributed by atoms with van der Waals surface area (Å²) in [7, 11) is 0. The molecular formula is C11H12O4. The first-order chi connectivity index (χ1) is 6.68. The van der Waals surface area contributed by atoms with Crippen molar-refractivity contribution in [2.24, 2.45) is 5.92 Å². The van der Waals surface area contributed by atoms with Crippen molar-refractivity contribution in [3.05, 3.63) is 23.8 Å². The Morgan fingerprint density at radius 3 is 2.80 bits per heavy atom. The van der Waals surface area contributed by atoms with Crippen molar-refractivity contribution in [2.45, 2.75) is 19.4 Å². The normalized spacial score (nSPS) is 29.5. The van der Waals surface area contributed by atoms with Crippen molar-refractivity contribution in [1.82, 2.24) is 0 Å². The quantitative estimate of drug-likeness (QED) is 0.735. The van der Waals surface area contributed by atoms with Crippen molar-refractivity contribution in [3.63, 3.8) is 0 Å². The maximum absolute atomic E-state index is 10.7. The first-order valence-electron chi connectivity index (χ1n) is 4.41. The number of benzene rings is 1. The smallest absolute Gasteiger partial charge is 0.311 e. The minimum Gasteiger partial charge on any atom is -0.508 e. The zero-order valence-electron chi connectivity index (χ0n) is 7.18. The van der Waals surface area contributed by atoms with Gasteiger partial charge in [-0.25, -0.2) is 0 Å². The van der Waals surface area contributed by atoms with Crippen LogP contribution in [0.1, 0.15) is 18.9 Å². The van der Waals surface area contributed by atoms with E-state index in [2.05, 4.69) is 0 Å². The molecule has 1 aromatic rings. The second-order valence-electron chi connectivity index (χ2n) is 3.69. The van der Waals surface area contributed by atoms with E-state index in [1.807, 2.05) is 0 Å². The van der Waals surface area contributed by atoms with Crippen LogP contribution in [0.2, 0.25) is 0 Å². The Kier molecular flexibility index (Phi) is 1.89. The number of hydrogen-bond acceptors (Lipinski definition) is 3. The lowest BCUT2D eigenvalue weighted by molar-refractivity contribution is -0.139. The van der Waals surface area contributed by atoms with Crippen LogP contribution in [0.4, 0.5) is 0 Å². The van der Waals surface area contributed by atoms with Crippen molar-refractivity contribution in [1.29, 1.82) is 0 Å². The lowest BCUT2D eigenvalue weighted by Crippen LogP contribution is -2.08. The largest absolute Gasteiger partial charge is 0.508 e. The zero-order valence-corrected chi connectivity index (χ0v) is 7.18. The average Bonchev–Trinajstić information content (AvgIpc) is 2.73. The molecule has 3 atom stereocenters. The molecule has 0 radical (unpaired) electrons. The molecule has 1 aliphatic heterocycles. The number of carbonyl (C=O) groups is 1. The Morgan fingerprint density at radius 2 is 2.13 bits per heavy atom. The summed E-state index contributed by atoms with van der Waals surface area (Å²) in [6.45, 7) is 0. The molecule has 0 spiro atoms. The highest BCUT2D eigenvalue weighted by molar-refractivity contribution is 5.79. The molecular weight excluding hydrogens is 196 g/mol. The summed E-state index contributed by atoms with van der Waals surface area (Å²) in [6.07, 6.45) is -0.218. The van der Waals surface area contributed by atoms with E-state index in [9.17, 15) is 9.90 Å². The van der Waals surface area contributed by atoms with Gasteiger partial charge in [0.05, 0.1) is 0 Å². The van der Waals surface area contributed by atoms with Crippen LogP contribution in [0, 0.1) is 5.92 Å². The number of phenols is 1. The molecule has 4 heteroatoms. The predicted octanol–water partition coefficient (Wildman–Crippen LogP) is 1.59. The number of aromatic hydroxyl groups is 1. The highest BCUT2D eigenvalue weighted by Crippen LogP contribution is 2.58. The molecule has 1 saturated carbocycles. The Bertz CT molecular complexity index is 427.